The van der Waals surface area contributed by atoms with E-state index < -0.39 is 11.9 Å². The van der Waals surface area contributed by atoms with Crippen LogP contribution >= 0.6 is 0 Å². The summed E-state index contributed by atoms with van der Waals surface area (Å²) in [6.45, 7) is 4.83. The molecule has 5 aromatic rings. The van der Waals surface area contributed by atoms with E-state index in [2.05, 4.69) is 36.4 Å². The van der Waals surface area contributed by atoms with E-state index >= 15 is 0 Å². The Bertz CT molecular complexity index is 1800. The van der Waals surface area contributed by atoms with Gasteiger partial charge in [-0.15, -0.1) is 0 Å². The first-order valence-electron chi connectivity index (χ1n) is 15.5. The summed E-state index contributed by atoms with van der Waals surface area (Å²) in [7, 11) is 0. The van der Waals surface area contributed by atoms with Crippen LogP contribution in [-0.2, 0) is 22.7 Å². The smallest absolute Gasteiger partial charge is 0.339 e. The van der Waals surface area contributed by atoms with Gasteiger partial charge < -0.3 is 18.9 Å². The van der Waals surface area contributed by atoms with Gasteiger partial charge in [0, 0.05) is 33.4 Å². The Balaban J connectivity index is 1.62. The van der Waals surface area contributed by atoms with Gasteiger partial charge in [-0.05, 0) is 46.5 Å². The van der Waals surface area contributed by atoms with Crippen molar-refractivity contribution in [1.82, 2.24) is 0 Å². The van der Waals surface area contributed by atoms with Crippen molar-refractivity contribution in [3.05, 3.63) is 95.1 Å². The predicted molar refractivity (Wildman–Crippen MR) is 171 cm³/mol. The summed E-state index contributed by atoms with van der Waals surface area (Å²) in [6.07, 6.45) is 3.20. The Kier molecular flexibility index (Phi) is 7.42. The third kappa shape index (κ3) is 4.57. The van der Waals surface area contributed by atoms with Crippen LogP contribution in [0.2, 0.25) is 0 Å². The number of ether oxygens (including phenoxy) is 4. The molecule has 0 saturated heterocycles. The summed E-state index contributed by atoms with van der Waals surface area (Å²) in [5, 5.41) is 4.11. The zero-order chi connectivity index (χ0) is 30.2. The van der Waals surface area contributed by atoms with Crippen LogP contribution in [0.5, 0.6) is 11.5 Å². The Morgan fingerprint density at radius 1 is 0.591 bits per heavy atom. The van der Waals surface area contributed by atoms with Crippen LogP contribution in [0.25, 0.3) is 43.8 Å². The standard InChI is InChI=1S/C38H34O6/c1-3-5-19-41-37(39)35-27-21-43-29-17-15-23-11-7-9-13-25(23)31(29)33(27)34-28(36(35)38(40)42-20-6-4-2)22-44-30-18-16-24-12-8-10-14-26(24)32(30)34/h7-18H,3-6,19-22H2,1-2H3. The molecule has 0 aliphatic carbocycles. The van der Waals surface area contributed by atoms with Gasteiger partial charge in [0.25, 0.3) is 0 Å². The Morgan fingerprint density at radius 2 is 1.02 bits per heavy atom. The summed E-state index contributed by atoms with van der Waals surface area (Å²) in [5.41, 5.74) is 5.25. The molecule has 0 bridgehead atoms. The molecule has 0 unspecified atom stereocenters. The van der Waals surface area contributed by atoms with Gasteiger partial charge in [0.2, 0.25) is 0 Å². The van der Waals surface area contributed by atoms with Crippen LogP contribution in [0.4, 0.5) is 0 Å². The van der Waals surface area contributed by atoms with Gasteiger partial charge in [0.1, 0.15) is 24.7 Å². The number of benzene rings is 5. The van der Waals surface area contributed by atoms with Gasteiger partial charge in [-0.3, -0.25) is 0 Å². The van der Waals surface area contributed by atoms with Crippen molar-refractivity contribution in [3.63, 3.8) is 0 Å². The molecule has 0 amide bonds. The topological polar surface area (TPSA) is 71.1 Å². The van der Waals surface area contributed by atoms with Gasteiger partial charge in [0.05, 0.1) is 24.3 Å². The highest BCUT2D eigenvalue weighted by molar-refractivity contribution is 6.16. The zero-order valence-corrected chi connectivity index (χ0v) is 25.0. The zero-order valence-electron chi connectivity index (χ0n) is 25.0. The van der Waals surface area contributed by atoms with Crippen LogP contribution < -0.4 is 9.47 Å². The van der Waals surface area contributed by atoms with Gasteiger partial charge in [-0.2, -0.15) is 0 Å². The predicted octanol–water partition coefficient (Wildman–Crippen LogP) is 9.03. The molecule has 2 aliphatic heterocycles. The lowest BCUT2D eigenvalue weighted by molar-refractivity contribution is 0.0447. The second-order valence-corrected chi connectivity index (χ2v) is 11.3. The Labute approximate surface area is 256 Å². The molecule has 222 valence electrons. The minimum atomic E-state index is -0.545. The second-order valence-electron chi connectivity index (χ2n) is 11.3. The molecule has 0 radical (unpaired) electrons. The van der Waals surface area contributed by atoms with Crippen molar-refractivity contribution in [1.29, 1.82) is 0 Å². The molecular formula is C38H34O6. The average Bonchev–Trinajstić information content (AvgIpc) is 3.06. The van der Waals surface area contributed by atoms with Crippen molar-refractivity contribution in [2.75, 3.05) is 13.2 Å². The van der Waals surface area contributed by atoms with Crippen LogP contribution in [-0.4, -0.2) is 25.2 Å². The van der Waals surface area contributed by atoms with Gasteiger partial charge in [-0.1, -0.05) is 87.4 Å². The maximum absolute atomic E-state index is 14.0. The van der Waals surface area contributed by atoms with E-state index in [1.807, 2.05) is 50.2 Å². The van der Waals surface area contributed by atoms with Crippen molar-refractivity contribution < 1.29 is 28.5 Å². The highest BCUT2D eigenvalue weighted by Gasteiger charge is 2.39. The number of fused-ring (bicyclic) bond motifs is 11. The summed E-state index contributed by atoms with van der Waals surface area (Å²) in [6, 6.07) is 24.4. The molecule has 0 saturated carbocycles. The third-order valence-corrected chi connectivity index (χ3v) is 8.60. The fourth-order valence-electron chi connectivity index (χ4n) is 6.47. The first-order valence-corrected chi connectivity index (χ1v) is 15.5. The van der Waals surface area contributed by atoms with E-state index in [9.17, 15) is 9.59 Å². The largest absolute Gasteiger partial charge is 0.488 e. The Morgan fingerprint density at radius 3 is 1.45 bits per heavy atom. The summed E-state index contributed by atoms with van der Waals surface area (Å²) in [4.78, 5) is 28.1. The minimum Gasteiger partial charge on any atom is -0.488 e. The molecule has 0 fully saturated rings. The molecule has 0 N–H and O–H groups in total. The lowest BCUT2D eigenvalue weighted by atomic mass is 9.77. The molecule has 0 aromatic heterocycles. The monoisotopic (exact) mass is 586 g/mol. The van der Waals surface area contributed by atoms with E-state index in [4.69, 9.17) is 18.9 Å². The lowest BCUT2D eigenvalue weighted by Crippen LogP contribution is -2.25. The number of unbranched alkanes of at least 4 members (excludes halogenated alkanes) is 2. The fraction of sp³-hybridized carbons (Fsp3) is 0.263. The molecule has 0 spiro atoms. The number of hydrogen-bond donors (Lipinski definition) is 0. The van der Waals surface area contributed by atoms with Gasteiger partial charge in [0.15, 0.2) is 0 Å². The van der Waals surface area contributed by atoms with Gasteiger partial charge >= 0.3 is 11.9 Å². The maximum Gasteiger partial charge on any atom is 0.339 e. The van der Waals surface area contributed by atoms with Crippen LogP contribution in [0.1, 0.15) is 71.4 Å². The number of esters is 2. The average molecular weight is 587 g/mol. The SMILES string of the molecule is CCCCOC(=O)c1c2c(c3c(c1C(=O)OCCCC)COc1ccc4ccccc4c1-3)-c1c(ccc3ccccc13)OC2. The summed E-state index contributed by atoms with van der Waals surface area (Å²) < 4.78 is 24.4. The van der Waals surface area contributed by atoms with E-state index in [1.165, 1.54) is 0 Å². The summed E-state index contributed by atoms with van der Waals surface area (Å²) in [5.74, 6) is 0.373. The molecule has 7 rings (SSSR count). The van der Waals surface area contributed by atoms with Crippen molar-refractivity contribution in [2.24, 2.45) is 0 Å². The van der Waals surface area contributed by atoms with Crippen molar-refractivity contribution in [3.8, 4) is 33.8 Å². The molecule has 0 atom stereocenters. The number of carbonyl (C=O) groups excluding carboxylic acids is 2. The van der Waals surface area contributed by atoms with E-state index in [0.29, 0.717) is 11.1 Å². The highest BCUT2D eigenvalue weighted by atomic mass is 16.5. The summed E-state index contributed by atoms with van der Waals surface area (Å²) >= 11 is 0. The molecule has 6 nitrogen and oxygen atoms in total. The van der Waals surface area contributed by atoms with E-state index in [-0.39, 0.29) is 37.6 Å². The first-order chi connectivity index (χ1) is 21.6. The molecule has 6 heteroatoms. The van der Waals surface area contributed by atoms with Crippen molar-refractivity contribution in [2.45, 2.75) is 52.7 Å². The van der Waals surface area contributed by atoms with Gasteiger partial charge in [-0.25, -0.2) is 9.59 Å². The van der Waals surface area contributed by atoms with E-state index in [1.54, 1.807) is 0 Å². The first kappa shape index (κ1) is 28.0. The quantitative estimate of drug-likeness (QED) is 0.133. The number of carbonyl (C=O) groups is 2. The van der Waals surface area contributed by atoms with E-state index in [0.717, 1.165) is 81.0 Å². The number of hydrogen-bond acceptors (Lipinski definition) is 6. The molecule has 5 aromatic carbocycles. The third-order valence-electron chi connectivity index (χ3n) is 8.60. The van der Waals surface area contributed by atoms with Crippen LogP contribution in [0.3, 0.4) is 0 Å². The minimum absolute atomic E-state index is 0.113. The van der Waals surface area contributed by atoms with Crippen LogP contribution in [0.15, 0.2) is 72.8 Å². The second kappa shape index (κ2) is 11.7. The molecule has 2 heterocycles. The maximum atomic E-state index is 14.0. The normalized spacial score (nSPS) is 12.8. The fourth-order valence-corrected chi connectivity index (χ4v) is 6.47. The number of rotatable bonds is 8. The highest BCUT2D eigenvalue weighted by Crippen LogP contribution is 2.55. The lowest BCUT2D eigenvalue weighted by Gasteiger charge is -2.33. The van der Waals surface area contributed by atoms with Crippen LogP contribution in [0, 0.1) is 0 Å². The molecule has 44 heavy (non-hydrogen) atoms. The van der Waals surface area contributed by atoms with Crippen molar-refractivity contribution >= 4 is 33.5 Å². The molecular weight excluding hydrogens is 552 g/mol. The molecule has 2 aliphatic rings. The Hall–Kier alpha value is -4.84.